The Hall–Kier alpha value is -1.46. The fraction of sp³-hybridized carbons (Fsp3) is 0.857. The Morgan fingerprint density at radius 2 is 0.800 bits per heavy atom. The fourth-order valence-corrected chi connectivity index (χ4v) is 0. The minimum Gasteiger partial charge on any atom is -0.450 e. The van der Waals surface area contributed by atoms with Crippen molar-refractivity contribution in [1.82, 2.24) is 0 Å². The predicted octanol–water partition coefficient (Wildman–Crippen LogP) is 5.97. The van der Waals surface area contributed by atoms with Gasteiger partial charge in [-0.05, 0) is 5.92 Å². The zero-order valence-corrected chi connectivity index (χ0v) is 14.6. The van der Waals surface area contributed by atoms with Gasteiger partial charge in [0.25, 0.3) is 0 Å². The van der Waals surface area contributed by atoms with Gasteiger partial charge in [-0.2, -0.15) is 0 Å². The molecule has 0 aromatic carbocycles. The molecule has 6 nitrogen and oxygen atoms in total. The summed E-state index contributed by atoms with van der Waals surface area (Å²) >= 11 is 0. The molecule has 0 radical (unpaired) electrons. The summed E-state index contributed by atoms with van der Waals surface area (Å²) in [7, 11) is 0. The molecule has 0 atom stereocenters. The molecule has 0 saturated carbocycles. The van der Waals surface area contributed by atoms with Crippen molar-refractivity contribution >= 4 is 12.3 Å². The van der Waals surface area contributed by atoms with Gasteiger partial charge in [0.2, 0.25) is 0 Å². The summed E-state index contributed by atoms with van der Waals surface area (Å²) in [5.41, 5.74) is 0. The van der Waals surface area contributed by atoms with Crippen LogP contribution in [0.25, 0.3) is 0 Å². The Labute approximate surface area is 124 Å². The second-order valence-electron chi connectivity index (χ2n) is 3.07. The van der Waals surface area contributed by atoms with Crippen LogP contribution in [0.5, 0.6) is 0 Å². The molecule has 0 aliphatic rings. The third-order valence-electron chi connectivity index (χ3n) is 0.816. The first-order valence-corrected chi connectivity index (χ1v) is 6.99. The first kappa shape index (κ1) is 36.3. The number of hydrogen-bond acceptors (Lipinski definition) is 2. The monoisotopic (exact) mass is 300 g/mol. The number of hydrogen-bond donors (Lipinski definition) is 4. The molecular weight excluding hydrogens is 264 g/mol. The smallest absolute Gasteiger partial charge is 0.450 e. The van der Waals surface area contributed by atoms with Gasteiger partial charge < -0.3 is 20.4 Å². The molecule has 0 aromatic rings. The van der Waals surface area contributed by atoms with Crippen molar-refractivity contribution in [2.24, 2.45) is 5.92 Å². The molecule has 0 rings (SSSR count). The fourth-order valence-electron chi connectivity index (χ4n) is 0. The molecule has 0 spiro atoms. The molecule has 128 valence electrons. The summed E-state index contributed by atoms with van der Waals surface area (Å²) in [5.74, 6) is 0.884. The summed E-state index contributed by atoms with van der Waals surface area (Å²) in [4.78, 5) is 17.1. The highest BCUT2D eigenvalue weighted by Crippen LogP contribution is 1.93. The van der Waals surface area contributed by atoms with E-state index in [9.17, 15) is 0 Å². The quantitative estimate of drug-likeness (QED) is 0.474. The van der Waals surface area contributed by atoms with E-state index >= 15 is 0 Å². The lowest BCUT2D eigenvalue weighted by atomic mass is 10.2. The van der Waals surface area contributed by atoms with Gasteiger partial charge in [0.1, 0.15) is 0 Å². The summed E-state index contributed by atoms with van der Waals surface area (Å²) < 4.78 is 0. The summed E-state index contributed by atoms with van der Waals surface area (Å²) in [6.45, 7) is 18.9. The average molecular weight is 300 g/mol. The molecule has 20 heavy (non-hydrogen) atoms. The molecular formula is C14H36O6. The highest BCUT2D eigenvalue weighted by atomic mass is 16.6. The molecule has 0 aromatic heterocycles. The Balaban J connectivity index is -0.0000000305. The van der Waals surface area contributed by atoms with Crippen LogP contribution in [0.2, 0.25) is 0 Å². The molecule has 4 N–H and O–H groups in total. The predicted molar refractivity (Wildman–Crippen MR) is 85.1 cm³/mol. The molecule has 0 fully saturated rings. The van der Waals surface area contributed by atoms with Crippen LogP contribution in [-0.2, 0) is 0 Å². The van der Waals surface area contributed by atoms with Crippen molar-refractivity contribution in [2.45, 2.75) is 75.2 Å². The average Bonchev–Trinajstić information content (AvgIpc) is 2.33. The third-order valence-corrected chi connectivity index (χ3v) is 0.816. The summed E-state index contributed by atoms with van der Waals surface area (Å²) in [6.07, 6.45) is -1.11. The van der Waals surface area contributed by atoms with Gasteiger partial charge in [-0.1, -0.05) is 75.2 Å². The van der Waals surface area contributed by atoms with Crippen LogP contribution in [0.15, 0.2) is 0 Å². The maximum Gasteiger partial charge on any atom is 0.503 e. The lowest BCUT2D eigenvalue weighted by molar-refractivity contribution is 0.135. The van der Waals surface area contributed by atoms with Crippen LogP contribution in [-0.4, -0.2) is 32.7 Å². The van der Waals surface area contributed by atoms with E-state index in [4.69, 9.17) is 30.0 Å². The Morgan fingerprint density at radius 1 is 0.750 bits per heavy atom. The van der Waals surface area contributed by atoms with Gasteiger partial charge in [0.15, 0.2) is 0 Å². The molecule has 0 bridgehead atoms. The standard InChI is InChI=1S/C5H12.C3H8.2C2H6.2CH2O3/c1-4-5(2)3;1-3-2;2*1-2;2*2-1(3)4/h5H,4H2,1-3H3;3H2,1-2H3;2*1-2H3;2*(H2,2,3,4). The van der Waals surface area contributed by atoms with Gasteiger partial charge >= 0.3 is 12.3 Å². The van der Waals surface area contributed by atoms with Gasteiger partial charge in [-0.3, -0.25) is 0 Å². The summed E-state index contributed by atoms with van der Waals surface area (Å²) in [6, 6.07) is 0. The normalized spacial score (nSPS) is 6.30. The molecule has 0 aliphatic carbocycles. The van der Waals surface area contributed by atoms with Crippen molar-refractivity contribution in [3.05, 3.63) is 0 Å². The molecule has 0 amide bonds. The van der Waals surface area contributed by atoms with Crippen molar-refractivity contribution in [3.8, 4) is 0 Å². The van der Waals surface area contributed by atoms with Crippen molar-refractivity contribution in [2.75, 3.05) is 0 Å². The van der Waals surface area contributed by atoms with E-state index in [1.54, 1.807) is 0 Å². The number of carboxylic acid groups (broad SMARTS) is 4. The van der Waals surface area contributed by atoms with Crippen molar-refractivity contribution in [1.29, 1.82) is 0 Å². The zero-order chi connectivity index (χ0) is 18.1. The third kappa shape index (κ3) is 13700. The second-order valence-corrected chi connectivity index (χ2v) is 3.07. The van der Waals surface area contributed by atoms with E-state index in [1.807, 2.05) is 27.7 Å². The highest BCUT2D eigenvalue weighted by Gasteiger charge is 1.80. The Kier molecular flexibility index (Phi) is 95.6. The first-order valence-electron chi connectivity index (χ1n) is 6.99. The van der Waals surface area contributed by atoms with E-state index in [-0.39, 0.29) is 0 Å². The van der Waals surface area contributed by atoms with Crippen LogP contribution in [0.4, 0.5) is 9.59 Å². The SMILES string of the molecule is CC.CC.CCC.CCC(C)C.O=C(O)O.O=C(O)O. The van der Waals surface area contributed by atoms with E-state index in [2.05, 4.69) is 34.6 Å². The van der Waals surface area contributed by atoms with Gasteiger partial charge in [-0.15, -0.1) is 0 Å². The van der Waals surface area contributed by atoms with E-state index in [0.717, 1.165) is 5.92 Å². The van der Waals surface area contributed by atoms with Gasteiger partial charge in [0.05, 0.1) is 0 Å². The minimum absolute atomic E-state index is 0.884. The lowest BCUT2D eigenvalue weighted by Gasteiger charge is -1.90. The highest BCUT2D eigenvalue weighted by molar-refractivity contribution is 5.53. The van der Waals surface area contributed by atoms with Crippen LogP contribution in [0, 0.1) is 5.92 Å². The number of rotatable bonds is 1. The maximum absolute atomic E-state index is 8.56. The van der Waals surface area contributed by atoms with Crippen LogP contribution in [0.1, 0.15) is 75.2 Å². The Morgan fingerprint density at radius 3 is 0.800 bits per heavy atom. The van der Waals surface area contributed by atoms with E-state index in [1.165, 1.54) is 12.8 Å². The molecule has 0 unspecified atom stereocenters. The van der Waals surface area contributed by atoms with Crippen LogP contribution >= 0.6 is 0 Å². The number of carbonyl (C=O) groups is 2. The first-order chi connectivity index (χ1) is 9.15. The molecule has 0 aliphatic heterocycles. The van der Waals surface area contributed by atoms with Crippen molar-refractivity contribution in [3.63, 3.8) is 0 Å². The maximum atomic E-state index is 8.56. The summed E-state index contributed by atoms with van der Waals surface area (Å²) in [5, 5.41) is 27.9. The van der Waals surface area contributed by atoms with Crippen LogP contribution < -0.4 is 0 Å². The Bertz CT molecular complexity index is 127. The topological polar surface area (TPSA) is 115 Å². The van der Waals surface area contributed by atoms with E-state index in [0.29, 0.717) is 0 Å². The van der Waals surface area contributed by atoms with Crippen LogP contribution in [0.3, 0.4) is 0 Å². The largest absolute Gasteiger partial charge is 0.503 e. The molecule has 0 heterocycles. The van der Waals surface area contributed by atoms with Gasteiger partial charge in [0, 0.05) is 0 Å². The zero-order valence-electron chi connectivity index (χ0n) is 14.6. The van der Waals surface area contributed by atoms with Crippen molar-refractivity contribution < 1.29 is 30.0 Å². The lowest BCUT2D eigenvalue weighted by Crippen LogP contribution is -1.81. The van der Waals surface area contributed by atoms with E-state index < -0.39 is 12.3 Å². The minimum atomic E-state index is -1.83. The van der Waals surface area contributed by atoms with Gasteiger partial charge in [-0.25, -0.2) is 9.59 Å². The molecule has 0 saturated heterocycles. The second kappa shape index (κ2) is 52.7. The molecule has 6 heteroatoms.